The lowest BCUT2D eigenvalue weighted by Crippen LogP contribution is -2.19. The first-order chi connectivity index (χ1) is 7.16. The van der Waals surface area contributed by atoms with E-state index in [1.165, 1.54) is 18.2 Å². The SMILES string of the molecule is CS(=O)(=O)OC1=CC=CC(OS(C)(=O)=O)C1. The largest absolute Gasteiger partial charge is 0.387 e. The van der Waals surface area contributed by atoms with E-state index in [-0.39, 0.29) is 12.2 Å². The van der Waals surface area contributed by atoms with E-state index < -0.39 is 26.3 Å². The van der Waals surface area contributed by atoms with Crippen molar-refractivity contribution >= 4 is 20.2 Å². The van der Waals surface area contributed by atoms with Crippen LogP contribution in [0.5, 0.6) is 0 Å². The third kappa shape index (κ3) is 5.29. The zero-order valence-electron chi connectivity index (χ0n) is 8.78. The number of allylic oxidation sites excluding steroid dienone is 2. The Morgan fingerprint density at radius 2 is 1.81 bits per heavy atom. The van der Waals surface area contributed by atoms with Crippen molar-refractivity contribution in [2.24, 2.45) is 0 Å². The first kappa shape index (κ1) is 13.2. The molecule has 1 unspecified atom stereocenters. The highest BCUT2D eigenvalue weighted by Crippen LogP contribution is 2.19. The van der Waals surface area contributed by atoms with Crippen LogP contribution in [0.3, 0.4) is 0 Å². The minimum absolute atomic E-state index is 0.0661. The predicted octanol–water partition coefficient (Wildman–Crippen LogP) is 0.151. The summed E-state index contributed by atoms with van der Waals surface area (Å²) >= 11 is 0. The van der Waals surface area contributed by atoms with Crippen LogP contribution in [0.25, 0.3) is 0 Å². The van der Waals surface area contributed by atoms with Crippen LogP contribution in [-0.2, 0) is 28.6 Å². The summed E-state index contributed by atoms with van der Waals surface area (Å²) in [6, 6.07) is 0. The standard InChI is InChI=1S/C8H12O6S2/c1-15(9,10)13-7-4-3-5-8(6-7)14-16(2,11)12/h3-5,7H,6H2,1-2H3. The average molecular weight is 268 g/mol. The Morgan fingerprint density at radius 1 is 1.19 bits per heavy atom. The second kappa shape index (κ2) is 4.56. The second-order valence-corrected chi connectivity index (χ2v) is 6.52. The zero-order chi connectivity index (χ0) is 12.4. The van der Waals surface area contributed by atoms with Crippen LogP contribution in [0.15, 0.2) is 24.0 Å². The first-order valence-corrected chi connectivity index (χ1v) is 7.94. The third-order valence-corrected chi connectivity index (χ3v) is 2.68. The normalized spacial score (nSPS) is 21.6. The quantitative estimate of drug-likeness (QED) is 0.675. The van der Waals surface area contributed by atoms with Crippen molar-refractivity contribution in [1.29, 1.82) is 0 Å². The number of hydrogen-bond donors (Lipinski definition) is 0. The molecule has 0 fully saturated rings. The summed E-state index contributed by atoms with van der Waals surface area (Å²) in [4.78, 5) is 0. The van der Waals surface area contributed by atoms with E-state index in [0.29, 0.717) is 0 Å². The minimum atomic E-state index is -3.60. The molecule has 0 bridgehead atoms. The van der Waals surface area contributed by atoms with E-state index in [9.17, 15) is 16.8 Å². The molecule has 1 atom stereocenters. The molecule has 6 nitrogen and oxygen atoms in total. The van der Waals surface area contributed by atoms with E-state index in [1.807, 2.05) is 0 Å². The summed E-state index contributed by atoms with van der Waals surface area (Å²) in [6.45, 7) is 0. The molecule has 0 aromatic rings. The Balaban J connectivity index is 2.68. The molecule has 0 aromatic heterocycles. The fourth-order valence-corrected chi connectivity index (χ4v) is 2.26. The maximum atomic E-state index is 10.9. The van der Waals surface area contributed by atoms with Crippen molar-refractivity contribution in [1.82, 2.24) is 0 Å². The molecule has 0 aliphatic heterocycles. The highest BCUT2D eigenvalue weighted by atomic mass is 32.2. The molecule has 8 heteroatoms. The van der Waals surface area contributed by atoms with Gasteiger partial charge in [-0.25, -0.2) is 0 Å². The Kier molecular flexibility index (Phi) is 3.76. The van der Waals surface area contributed by atoms with Gasteiger partial charge in [0.2, 0.25) is 0 Å². The molecule has 0 N–H and O–H groups in total. The van der Waals surface area contributed by atoms with Gasteiger partial charge in [0.05, 0.1) is 12.5 Å². The van der Waals surface area contributed by atoms with Gasteiger partial charge >= 0.3 is 10.1 Å². The van der Waals surface area contributed by atoms with Crippen LogP contribution >= 0.6 is 0 Å². The second-order valence-electron chi connectivity index (χ2n) is 3.35. The van der Waals surface area contributed by atoms with Crippen LogP contribution < -0.4 is 0 Å². The smallest absolute Gasteiger partial charge is 0.305 e. The van der Waals surface area contributed by atoms with Gasteiger partial charge in [0.15, 0.2) is 0 Å². The molecule has 0 saturated carbocycles. The van der Waals surface area contributed by atoms with E-state index >= 15 is 0 Å². The van der Waals surface area contributed by atoms with Gasteiger partial charge < -0.3 is 4.18 Å². The van der Waals surface area contributed by atoms with Crippen LogP contribution in [0, 0.1) is 0 Å². The molecular formula is C8H12O6S2. The van der Waals surface area contributed by atoms with Gasteiger partial charge in [0.1, 0.15) is 11.9 Å². The molecule has 16 heavy (non-hydrogen) atoms. The van der Waals surface area contributed by atoms with Gasteiger partial charge in [-0.15, -0.1) is 0 Å². The summed E-state index contributed by atoms with van der Waals surface area (Å²) in [5.41, 5.74) is 0. The molecule has 0 radical (unpaired) electrons. The molecular weight excluding hydrogens is 256 g/mol. The van der Waals surface area contributed by atoms with Gasteiger partial charge in [-0.05, 0) is 6.08 Å². The Bertz CT molecular complexity index is 511. The van der Waals surface area contributed by atoms with Gasteiger partial charge in [-0.3, -0.25) is 4.18 Å². The average Bonchev–Trinajstić information content (AvgIpc) is 1.96. The van der Waals surface area contributed by atoms with Gasteiger partial charge in [0, 0.05) is 6.42 Å². The lowest BCUT2D eigenvalue weighted by molar-refractivity contribution is 0.236. The van der Waals surface area contributed by atoms with Crippen LogP contribution in [0.1, 0.15) is 6.42 Å². The van der Waals surface area contributed by atoms with Gasteiger partial charge in [-0.2, -0.15) is 16.8 Å². The van der Waals surface area contributed by atoms with E-state index in [1.54, 1.807) is 0 Å². The van der Waals surface area contributed by atoms with Crippen molar-refractivity contribution in [3.05, 3.63) is 24.0 Å². The first-order valence-electron chi connectivity index (χ1n) is 4.31. The lowest BCUT2D eigenvalue weighted by atomic mass is 10.1. The molecule has 0 aromatic carbocycles. The fraction of sp³-hybridized carbons (Fsp3) is 0.500. The fourth-order valence-electron chi connectivity index (χ4n) is 1.17. The third-order valence-electron chi connectivity index (χ3n) is 1.57. The van der Waals surface area contributed by atoms with Crippen molar-refractivity contribution in [3.8, 4) is 0 Å². The molecule has 1 rings (SSSR count). The number of hydrogen-bond acceptors (Lipinski definition) is 6. The van der Waals surface area contributed by atoms with Crippen molar-refractivity contribution < 1.29 is 25.2 Å². The van der Waals surface area contributed by atoms with E-state index in [0.717, 1.165) is 12.5 Å². The number of rotatable bonds is 4. The summed E-state index contributed by atoms with van der Waals surface area (Å²) in [7, 11) is -7.17. The highest BCUT2D eigenvalue weighted by molar-refractivity contribution is 7.86. The minimum Gasteiger partial charge on any atom is -0.387 e. The van der Waals surface area contributed by atoms with Gasteiger partial charge in [0.25, 0.3) is 10.1 Å². The Labute approximate surface area is 94.8 Å². The van der Waals surface area contributed by atoms with Crippen LogP contribution in [0.4, 0.5) is 0 Å². The molecule has 1 aliphatic carbocycles. The molecule has 92 valence electrons. The van der Waals surface area contributed by atoms with Crippen molar-refractivity contribution in [3.63, 3.8) is 0 Å². The van der Waals surface area contributed by atoms with E-state index in [4.69, 9.17) is 4.18 Å². The summed E-state index contributed by atoms with van der Waals surface area (Å²) in [5, 5.41) is 0. The zero-order valence-corrected chi connectivity index (χ0v) is 10.4. The molecule has 0 amide bonds. The monoisotopic (exact) mass is 268 g/mol. The Morgan fingerprint density at radius 3 is 2.31 bits per heavy atom. The van der Waals surface area contributed by atoms with Crippen molar-refractivity contribution in [2.45, 2.75) is 12.5 Å². The lowest BCUT2D eigenvalue weighted by Gasteiger charge is -2.17. The predicted molar refractivity (Wildman–Crippen MR) is 57.5 cm³/mol. The summed E-state index contributed by atoms with van der Waals surface area (Å²) < 4.78 is 52.7. The summed E-state index contributed by atoms with van der Waals surface area (Å²) in [6.07, 6.45) is 5.63. The maximum Gasteiger partial charge on any atom is 0.305 e. The molecule has 0 saturated heterocycles. The van der Waals surface area contributed by atoms with E-state index in [2.05, 4.69) is 4.18 Å². The van der Waals surface area contributed by atoms with Crippen molar-refractivity contribution in [2.75, 3.05) is 12.5 Å². The molecule has 0 spiro atoms. The molecule has 1 aliphatic rings. The maximum absolute atomic E-state index is 10.9. The Hall–Kier alpha value is -0.860. The van der Waals surface area contributed by atoms with Crippen LogP contribution in [0.2, 0.25) is 0 Å². The molecule has 0 heterocycles. The van der Waals surface area contributed by atoms with Crippen LogP contribution in [-0.4, -0.2) is 35.5 Å². The topological polar surface area (TPSA) is 86.7 Å². The summed E-state index contributed by atoms with van der Waals surface area (Å²) in [5.74, 6) is 0.152. The highest BCUT2D eigenvalue weighted by Gasteiger charge is 2.19. The van der Waals surface area contributed by atoms with Gasteiger partial charge in [-0.1, -0.05) is 12.2 Å².